The molecule has 0 aliphatic heterocycles. The molecule has 0 radical (unpaired) electrons. The van der Waals surface area contributed by atoms with Gasteiger partial charge in [0, 0.05) is 35.3 Å². The van der Waals surface area contributed by atoms with E-state index in [1.807, 2.05) is 54.6 Å². The van der Waals surface area contributed by atoms with Gasteiger partial charge in [0.2, 0.25) is 11.8 Å². The van der Waals surface area contributed by atoms with Crippen molar-refractivity contribution in [2.45, 2.75) is 20.5 Å². The molecule has 6 aromatic heterocycles. The van der Waals surface area contributed by atoms with Crippen LogP contribution in [0.2, 0.25) is 10.0 Å². The predicted octanol–water partition coefficient (Wildman–Crippen LogP) is 4.33. The summed E-state index contributed by atoms with van der Waals surface area (Å²) in [6.45, 7) is 0.837. The van der Waals surface area contributed by atoms with Crippen molar-refractivity contribution in [2.75, 3.05) is 21.3 Å². The molecule has 8 rings (SSSR count). The maximum absolute atomic E-state index is 12.1. The molecule has 6 heterocycles. The summed E-state index contributed by atoms with van der Waals surface area (Å²) >= 11 is 12.1. The zero-order valence-corrected chi connectivity index (χ0v) is 31.3. The second kappa shape index (κ2) is 18.2. The Morgan fingerprint density at radius 2 is 1.12 bits per heavy atom. The van der Waals surface area contributed by atoms with Crippen LogP contribution in [-0.4, -0.2) is 83.3 Å². The van der Waals surface area contributed by atoms with E-state index in [0.29, 0.717) is 57.0 Å². The number of carboxylic acids is 1. The van der Waals surface area contributed by atoms with Gasteiger partial charge in [0.15, 0.2) is 11.4 Å². The van der Waals surface area contributed by atoms with Crippen LogP contribution in [0.4, 0.5) is 0 Å². The van der Waals surface area contributed by atoms with E-state index in [0.717, 1.165) is 32.9 Å². The molecule has 0 aliphatic carbocycles. The van der Waals surface area contributed by atoms with E-state index in [1.54, 1.807) is 40.0 Å². The number of ether oxygens (including phenoxy) is 3. The maximum Gasteiger partial charge on any atom is 1.00 e. The van der Waals surface area contributed by atoms with Gasteiger partial charge in [-0.3, -0.25) is 19.3 Å². The van der Waals surface area contributed by atoms with Crippen LogP contribution in [-0.2, 0) is 17.8 Å². The standard InChI is InChI=1S/C19H15ClN4O3.C18H13ClN4O3.CH4.Li.H2O/c1-26-16-6-5-15-17(22-16)18(19(25)27-2)23-24(15)10-11-3-4-14-12(7-11)8-13(20)9-21-14;1-26-15-5-4-14-16(21-15)17(18(24)25)22-23(14)9-10-2-3-13-11(6-10)7-12(19)8-20-13;;;/h3-9H,10H2,1-2H3;2-8H,9H2,1H3,(H,24,25);1H4;;1H2/q;;;+1;/p-1. The van der Waals surface area contributed by atoms with Crippen molar-refractivity contribution in [2.24, 2.45) is 0 Å². The number of aromatic carboxylic acids is 1. The number of carboxylic acid groups (broad SMARTS) is 1. The Kier molecular flexibility index (Phi) is 14.0. The van der Waals surface area contributed by atoms with Gasteiger partial charge in [-0.2, -0.15) is 10.2 Å². The minimum Gasteiger partial charge on any atom is -0.870 e. The van der Waals surface area contributed by atoms with Crippen molar-refractivity contribution in [3.63, 3.8) is 0 Å². The van der Waals surface area contributed by atoms with Crippen LogP contribution < -0.4 is 28.3 Å². The Labute approximate surface area is 341 Å². The molecule has 56 heavy (non-hydrogen) atoms. The van der Waals surface area contributed by atoms with E-state index in [-0.39, 0.29) is 43.2 Å². The van der Waals surface area contributed by atoms with Crippen LogP contribution in [0.1, 0.15) is 39.5 Å². The third kappa shape index (κ3) is 8.83. The number of pyridine rings is 4. The van der Waals surface area contributed by atoms with Gasteiger partial charge in [-0.25, -0.2) is 19.6 Å². The molecular formula is C38H33Cl2LiN8O7. The van der Waals surface area contributed by atoms with Crippen LogP contribution in [0.15, 0.2) is 85.2 Å². The van der Waals surface area contributed by atoms with Crippen molar-refractivity contribution in [3.05, 3.63) is 118 Å². The second-order valence-corrected chi connectivity index (χ2v) is 12.5. The summed E-state index contributed by atoms with van der Waals surface area (Å²) in [7, 11) is 4.31. The van der Waals surface area contributed by atoms with Crippen LogP contribution >= 0.6 is 23.2 Å². The Morgan fingerprint density at radius 1 is 0.679 bits per heavy atom. The SMILES string of the molecule is C.COC(=O)c1nn(Cc2ccc3ncc(Cl)cc3c2)c2ccc(OC)nc12.COc1ccc2c(n1)c(C(=O)O)nn2Cc1ccc2ncc(Cl)cc2c1.[Li+].[OH-]. The molecule has 282 valence electrons. The smallest absolute Gasteiger partial charge is 0.870 e. The van der Waals surface area contributed by atoms with Crippen LogP contribution in [0.3, 0.4) is 0 Å². The number of fused-ring (bicyclic) bond motifs is 4. The Bertz CT molecular complexity index is 2710. The van der Waals surface area contributed by atoms with Crippen molar-refractivity contribution in [3.8, 4) is 11.8 Å². The fourth-order valence-electron chi connectivity index (χ4n) is 5.77. The molecule has 0 saturated carbocycles. The van der Waals surface area contributed by atoms with Gasteiger partial charge in [0.05, 0.1) is 66.5 Å². The number of rotatable bonds is 8. The molecule has 0 spiro atoms. The van der Waals surface area contributed by atoms with E-state index in [4.69, 9.17) is 37.4 Å². The summed E-state index contributed by atoms with van der Waals surface area (Å²) in [5, 5.41) is 21.0. The van der Waals surface area contributed by atoms with E-state index in [9.17, 15) is 14.7 Å². The van der Waals surface area contributed by atoms with Gasteiger partial charge in [-0.05, 0) is 59.7 Å². The number of hydrogen-bond donors (Lipinski definition) is 1. The summed E-state index contributed by atoms with van der Waals surface area (Å²) in [6.07, 6.45) is 3.22. The topological polar surface area (TPSA) is 199 Å². The minimum absolute atomic E-state index is 0. The maximum atomic E-state index is 12.1. The first-order chi connectivity index (χ1) is 25.6. The van der Waals surface area contributed by atoms with E-state index in [1.165, 1.54) is 21.3 Å². The summed E-state index contributed by atoms with van der Waals surface area (Å²) in [5.74, 6) is -0.942. The van der Waals surface area contributed by atoms with Crippen LogP contribution in [0.25, 0.3) is 43.9 Å². The number of carbonyl (C=O) groups is 2. The molecule has 0 atom stereocenters. The van der Waals surface area contributed by atoms with E-state index < -0.39 is 11.9 Å². The van der Waals surface area contributed by atoms with E-state index >= 15 is 0 Å². The number of halogens is 2. The molecule has 0 unspecified atom stereocenters. The second-order valence-electron chi connectivity index (χ2n) is 11.6. The van der Waals surface area contributed by atoms with Crippen molar-refractivity contribution in [1.82, 2.24) is 39.5 Å². The Hall–Kier alpha value is -5.82. The molecule has 0 saturated heterocycles. The van der Waals surface area contributed by atoms with Crippen molar-refractivity contribution in [1.29, 1.82) is 0 Å². The average Bonchev–Trinajstić information content (AvgIpc) is 3.71. The molecule has 2 aromatic carbocycles. The molecule has 0 aliphatic rings. The number of methoxy groups -OCH3 is 3. The van der Waals surface area contributed by atoms with Gasteiger partial charge in [-0.1, -0.05) is 42.8 Å². The molecule has 8 aromatic rings. The summed E-state index contributed by atoms with van der Waals surface area (Å²) in [5.41, 5.74) is 5.72. The number of aromatic nitrogens is 8. The first kappa shape index (κ1) is 42.9. The van der Waals surface area contributed by atoms with Gasteiger partial charge in [-0.15, -0.1) is 0 Å². The van der Waals surface area contributed by atoms with Crippen LogP contribution in [0.5, 0.6) is 11.8 Å². The minimum atomic E-state index is -1.14. The molecule has 15 nitrogen and oxygen atoms in total. The summed E-state index contributed by atoms with van der Waals surface area (Å²) < 4.78 is 18.4. The normalized spacial score (nSPS) is 10.5. The largest absolute Gasteiger partial charge is 1.00 e. The van der Waals surface area contributed by atoms with Gasteiger partial charge >= 0.3 is 30.8 Å². The quantitative estimate of drug-likeness (QED) is 0.169. The molecule has 18 heteroatoms. The van der Waals surface area contributed by atoms with Crippen molar-refractivity contribution < 1.29 is 53.2 Å². The van der Waals surface area contributed by atoms with Crippen LogP contribution in [0, 0.1) is 0 Å². The van der Waals surface area contributed by atoms with E-state index in [2.05, 4.69) is 30.1 Å². The first-order valence-electron chi connectivity index (χ1n) is 15.9. The third-order valence-electron chi connectivity index (χ3n) is 8.23. The Morgan fingerprint density at radius 3 is 1.55 bits per heavy atom. The number of nitrogens with zero attached hydrogens (tertiary/aromatic N) is 8. The number of hydrogen-bond acceptors (Lipinski definition) is 12. The first-order valence-corrected chi connectivity index (χ1v) is 16.6. The molecule has 0 amide bonds. The molecule has 0 fully saturated rings. The molecule has 2 N–H and O–H groups in total. The summed E-state index contributed by atoms with van der Waals surface area (Å²) in [4.78, 5) is 40.8. The van der Waals surface area contributed by atoms with Gasteiger partial charge < -0.3 is 24.8 Å². The fourth-order valence-corrected chi connectivity index (χ4v) is 6.11. The summed E-state index contributed by atoms with van der Waals surface area (Å²) in [6, 6.07) is 22.3. The number of esters is 1. The number of carbonyl (C=O) groups excluding carboxylic acids is 1. The average molecular weight is 792 g/mol. The van der Waals surface area contributed by atoms with Gasteiger partial charge in [0.1, 0.15) is 11.0 Å². The zero-order chi connectivity index (χ0) is 37.2. The molecular weight excluding hydrogens is 758 g/mol. The fraction of sp³-hybridized carbons (Fsp3) is 0.158. The molecule has 0 bridgehead atoms. The predicted molar refractivity (Wildman–Crippen MR) is 207 cm³/mol. The zero-order valence-electron chi connectivity index (χ0n) is 29.8. The number of benzene rings is 2. The third-order valence-corrected chi connectivity index (χ3v) is 8.65. The Balaban J connectivity index is 0.000000236. The van der Waals surface area contributed by atoms with Gasteiger partial charge in [0.25, 0.3) is 0 Å². The van der Waals surface area contributed by atoms with Crippen molar-refractivity contribution >= 4 is 79.0 Å². The monoisotopic (exact) mass is 790 g/mol.